The molecule has 0 saturated carbocycles. The van der Waals surface area contributed by atoms with Gasteiger partial charge in [0, 0.05) is 0 Å². The van der Waals surface area contributed by atoms with Crippen molar-refractivity contribution < 1.29 is 0 Å². The second-order valence-corrected chi connectivity index (χ2v) is 7.85. The van der Waals surface area contributed by atoms with E-state index in [0.29, 0.717) is 0 Å². The van der Waals surface area contributed by atoms with Gasteiger partial charge in [-0.25, -0.2) is 0 Å². The molecule has 0 bridgehead atoms. The average molecular weight is 339 g/mol. The average Bonchev–Trinajstić information content (AvgIpc) is 2.71. The van der Waals surface area contributed by atoms with E-state index in [2.05, 4.69) is 115 Å². The molecular weight excluding hydrogens is 320 g/mol. The number of rotatable bonds is 4. The number of benzene rings is 4. The molecule has 0 nitrogen and oxygen atoms in total. The normalized spacial score (nSPS) is 10.8. The minimum atomic E-state index is -0.0793. The SMILES string of the molecule is c1ccc(-c2ccc([S+](c3ccccc3)c3ccccc3)cc2)cc1. The van der Waals surface area contributed by atoms with E-state index < -0.39 is 0 Å². The van der Waals surface area contributed by atoms with Gasteiger partial charge in [-0.15, -0.1) is 0 Å². The third-order valence-electron chi connectivity index (χ3n) is 4.15. The zero-order valence-electron chi connectivity index (χ0n) is 13.9. The Bertz CT molecular complexity index is 874. The van der Waals surface area contributed by atoms with Crippen molar-refractivity contribution in [2.45, 2.75) is 14.7 Å². The highest BCUT2D eigenvalue weighted by molar-refractivity contribution is 7.97. The number of hydrogen-bond donors (Lipinski definition) is 0. The van der Waals surface area contributed by atoms with Gasteiger partial charge < -0.3 is 0 Å². The molecule has 0 heterocycles. The smallest absolute Gasteiger partial charge is 0.0622 e. The van der Waals surface area contributed by atoms with E-state index in [1.54, 1.807) is 0 Å². The fraction of sp³-hybridized carbons (Fsp3) is 0. The minimum absolute atomic E-state index is 0.0793. The highest BCUT2D eigenvalue weighted by Crippen LogP contribution is 2.32. The van der Waals surface area contributed by atoms with Crippen LogP contribution in [-0.4, -0.2) is 0 Å². The van der Waals surface area contributed by atoms with E-state index in [4.69, 9.17) is 0 Å². The van der Waals surface area contributed by atoms with Crippen molar-refractivity contribution >= 4 is 10.9 Å². The van der Waals surface area contributed by atoms with Crippen molar-refractivity contribution in [2.24, 2.45) is 0 Å². The highest BCUT2D eigenvalue weighted by Gasteiger charge is 2.27. The van der Waals surface area contributed by atoms with Crippen LogP contribution in [-0.2, 0) is 10.9 Å². The van der Waals surface area contributed by atoms with Gasteiger partial charge in [0.15, 0.2) is 14.7 Å². The van der Waals surface area contributed by atoms with Crippen LogP contribution >= 0.6 is 0 Å². The van der Waals surface area contributed by atoms with Gasteiger partial charge in [-0.3, -0.25) is 0 Å². The summed E-state index contributed by atoms with van der Waals surface area (Å²) in [7, 11) is -0.0793. The molecule has 0 aliphatic rings. The fourth-order valence-electron chi connectivity index (χ4n) is 2.94. The molecule has 0 aliphatic carbocycles. The standard InChI is InChI=1S/C24H19S/c1-4-10-20(11-5-1)21-16-18-24(19-17-21)25(22-12-6-2-7-13-22)23-14-8-3-9-15-23/h1-19H/q+1. The maximum atomic E-state index is 2.27. The first kappa shape index (κ1) is 15.7. The molecule has 120 valence electrons. The first-order valence-electron chi connectivity index (χ1n) is 8.42. The van der Waals surface area contributed by atoms with Gasteiger partial charge in [0.25, 0.3) is 0 Å². The van der Waals surface area contributed by atoms with Crippen LogP contribution in [0.3, 0.4) is 0 Å². The first-order chi connectivity index (χ1) is 12.4. The summed E-state index contributed by atoms with van der Waals surface area (Å²) in [4.78, 5) is 4.04. The summed E-state index contributed by atoms with van der Waals surface area (Å²) in [5.41, 5.74) is 2.52. The lowest BCUT2D eigenvalue weighted by Gasteiger charge is -2.09. The Hall–Kier alpha value is -2.77. The Morgan fingerprint density at radius 2 is 0.680 bits per heavy atom. The molecule has 0 aliphatic heterocycles. The van der Waals surface area contributed by atoms with E-state index in [9.17, 15) is 0 Å². The lowest BCUT2D eigenvalue weighted by atomic mass is 10.1. The van der Waals surface area contributed by atoms with Crippen LogP contribution in [0.1, 0.15) is 0 Å². The van der Waals surface area contributed by atoms with Crippen molar-refractivity contribution in [3.05, 3.63) is 115 Å². The minimum Gasteiger partial charge on any atom is -0.0622 e. The largest absolute Gasteiger partial charge is 0.166 e. The van der Waals surface area contributed by atoms with Crippen LogP contribution in [0.4, 0.5) is 0 Å². The summed E-state index contributed by atoms with van der Waals surface area (Å²) in [5.74, 6) is 0. The highest BCUT2D eigenvalue weighted by atomic mass is 32.2. The Balaban J connectivity index is 1.75. The van der Waals surface area contributed by atoms with E-state index in [0.717, 1.165) is 0 Å². The predicted octanol–water partition coefficient (Wildman–Crippen LogP) is 6.45. The van der Waals surface area contributed by atoms with E-state index in [1.165, 1.54) is 25.8 Å². The molecule has 0 spiro atoms. The third kappa shape index (κ3) is 3.52. The van der Waals surface area contributed by atoms with Crippen molar-refractivity contribution in [3.63, 3.8) is 0 Å². The van der Waals surface area contributed by atoms with Crippen molar-refractivity contribution in [2.75, 3.05) is 0 Å². The Morgan fingerprint density at radius 3 is 1.16 bits per heavy atom. The van der Waals surface area contributed by atoms with Crippen LogP contribution in [0.5, 0.6) is 0 Å². The van der Waals surface area contributed by atoms with Crippen LogP contribution in [0.25, 0.3) is 11.1 Å². The lowest BCUT2D eigenvalue weighted by molar-refractivity contribution is 1.32. The van der Waals surface area contributed by atoms with Gasteiger partial charge in [-0.1, -0.05) is 66.7 Å². The molecule has 0 fully saturated rings. The Labute approximate surface area is 152 Å². The molecular formula is C24H19S+. The summed E-state index contributed by atoms with van der Waals surface area (Å²) in [6, 6.07) is 41.1. The maximum absolute atomic E-state index is 2.27. The Morgan fingerprint density at radius 1 is 0.320 bits per heavy atom. The van der Waals surface area contributed by atoms with Gasteiger partial charge in [-0.2, -0.15) is 0 Å². The molecule has 0 saturated heterocycles. The zero-order valence-corrected chi connectivity index (χ0v) is 14.7. The van der Waals surface area contributed by atoms with Crippen LogP contribution < -0.4 is 0 Å². The quantitative estimate of drug-likeness (QED) is 0.375. The Kier molecular flexibility index (Phi) is 4.67. The van der Waals surface area contributed by atoms with Crippen LogP contribution in [0.15, 0.2) is 130 Å². The summed E-state index contributed by atoms with van der Waals surface area (Å²) < 4.78 is 0. The maximum Gasteiger partial charge on any atom is 0.166 e. The predicted molar refractivity (Wildman–Crippen MR) is 107 cm³/mol. The fourth-order valence-corrected chi connectivity index (χ4v) is 5.02. The molecule has 0 radical (unpaired) electrons. The summed E-state index contributed by atoms with van der Waals surface area (Å²) in [6.45, 7) is 0. The van der Waals surface area contributed by atoms with Gasteiger partial charge in [0.2, 0.25) is 0 Å². The second-order valence-electron chi connectivity index (χ2n) is 5.82. The van der Waals surface area contributed by atoms with Crippen LogP contribution in [0, 0.1) is 0 Å². The molecule has 1 heteroatoms. The molecule has 4 rings (SSSR count). The number of hydrogen-bond acceptors (Lipinski definition) is 0. The lowest BCUT2D eigenvalue weighted by Crippen LogP contribution is -2.04. The molecule has 4 aromatic carbocycles. The first-order valence-corrected chi connectivity index (χ1v) is 9.64. The van der Waals surface area contributed by atoms with Crippen LogP contribution in [0.2, 0.25) is 0 Å². The third-order valence-corrected chi connectivity index (χ3v) is 6.39. The molecule has 0 N–H and O–H groups in total. The van der Waals surface area contributed by atoms with Crippen molar-refractivity contribution in [3.8, 4) is 11.1 Å². The van der Waals surface area contributed by atoms with E-state index in [1.807, 2.05) is 0 Å². The summed E-state index contributed by atoms with van der Waals surface area (Å²) in [6.07, 6.45) is 0. The van der Waals surface area contributed by atoms with Gasteiger partial charge in [0.05, 0.1) is 10.9 Å². The molecule has 4 aromatic rings. The second kappa shape index (κ2) is 7.42. The zero-order chi connectivity index (χ0) is 16.9. The summed E-state index contributed by atoms with van der Waals surface area (Å²) in [5, 5.41) is 0. The van der Waals surface area contributed by atoms with Gasteiger partial charge in [-0.05, 0) is 59.7 Å². The summed E-state index contributed by atoms with van der Waals surface area (Å²) >= 11 is 0. The van der Waals surface area contributed by atoms with Gasteiger partial charge in [0.1, 0.15) is 0 Å². The molecule has 0 atom stereocenters. The monoisotopic (exact) mass is 339 g/mol. The molecule has 0 unspecified atom stereocenters. The van der Waals surface area contributed by atoms with E-state index in [-0.39, 0.29) is 10.9 Å². The van der Waals surface area contributed by atoms with Gasteiger partial charge >= 0.3 is 0 Å². The molecule has 0 aromatic heterocycles. The van der Waals surface area contributed by atoms with Crippen molar-refractivity contribution in [1.29, 1.82) is 0 Å². The topological polar surface area (TPSA) is 0 Å². The van der Waals surface area contributed by atoms with Crippen molar-refractivity contribution in [1.82, 2.24) is 0 Å². The van der Waals surface area contributed by atoms with E-state index >= 15 is 0 Å². The molecule has 25 heavy (non-hydrogen) atoms. The molecule has 0 amide bonds.